The minimum atomic E-state index is 0.0271. The molecule has 2 aliphatic rings. The van der Waals surface area contributed by atoms with Gasteiger partial charge < -0.3 is 10.2 Å². The number of aromatic nitrogens is 1. The Kier molecular flexibility index (Phi) is 8.27. The molecule has 0 spiro atoms. The van der Waals surface area contributed by atoms with Gasteiger partial charge in [-0.3, -0.25) is 19.5 Å². The Morgan fingerprint density at radius 3 is 2.50 bits per heavy atom. The zero-order chi connectivity index (χ0) is 19.6. The molecule has 2 amide bonds. The Balaban J connectivity index is 1.60. The highest BCUT2D eigenvalue weighted by atomic mass is 16.2. The molecule has 2 saturated heterocycles. The lowest BCUT2D eigenvalue weighted by Gasteiger charge is -2.27. The molecule has 1 atom stereocenters. The van der Waals surface area contributed by atoms with E-state index in [1.54, 1.807) is 0 Å². The van der Waals surface area contributed by atoms with Crippen LogP contribution in [-0.4, -0.2) is 59.3 Å². The highest BCUT2D eigenvalue weighted by molar-refractivity contribution is 5.79. The fourth-order valence-electron chi connectivity index (χ4n) is 4.25. The first-order valence-electron chi connectivity index (χ1n) is 10.9. The maximum atomic E-state index is 13.1. The van der Waals surface area contributed by atoms with Gasteiger partial charge in [-0.15, -0.1) is 0 Å². The number of rotatable bonds is 3. The van der Waals surface area contributed by atoms with Crippen molar-refractivity contribution in [2.75, 3.05) is 32.7 Å². The third-order valence-electron chi connectivity index (χ3n) is 5.92. The van der Waals surface area contributed by atoms with Crippen molar-refractivity contribution in [3.8, 4) is 0 Å². The van der Waals surface area contributed by atoms with Gasteiger partial charge in [0, 0.05) is 57.5 Å². The van der Waals surface area contributed by atoms with Crippen molar-refractivity contribution in [3.63, 3.8) is 0 Å². The summed E-state index contributed by atoms with van der Waals surface area (Å²) in [6.07, 6.45) is 11.5. The van der Waals surface area contributed by atoms with Gasteiger partial charge in [-0.1, -0.05) is 12.8 Å². The van der Waals surface area contributed by atoms with Gasteiger partial charge >= 0.3 is 0 Å². The van der Waals surface area contributed by atoms with Gasteiger partial charge in [0.05, 0.1) is 0 Å². The summed E-state index contributed by atoms with van der Waals surface area (Å²) in [5, 5.41) is 3.02. The van der Waals surface area contributed by atoms with Crippen LogP contribution >= 0.6 is 0 Å². The average molecular weight is 387 g/mol. The normalized spacial score (nSPS) is 23.4. The molecule has 0 saturated carbocycles. The predicted octanol–water partition coefficient (Wildman–Crippen LogP) is 2.59. The summed E-state index contributed by atoms with van der Waals surface area (Å²) in [6, 6.07) is 4.05. The van der Waals surface area contributed by atoms with E-state index >= 15 is 0 Å². The molecular weight excluding hydrogens is 352 g/mol. The highest BCUT2D eigenvalue weighted by Crippen LogP contribution is 2.19. The van der Waals surface area contributed by atoms with Crippen LogP contribution in [0.2, 0.25) is 0 Å². The number of amides is 2. The fourth-order valence-corrected chi connectivity index (χ4v) is 4.25. The van der Waals surface area contributed by atoms with Crippen molar-refractivity contribution in [3.05, 3.63) is 30.1 Å². The van der Waals surface area contributed by atoms with Gasteiger partial charge in [-0.25, -0.2) is 0 Å². The molecule has 1 aromatic heterocycles. The summed E-state index contributed by atoms with van der Waals surface area (Å²) in [5.74, 6) is 0.415. The van der Waals surface area contributed by atoms with E-state index in [9.17, 15) is 9.59 Å². The van der Waals surface area contributed by atoms with Gasteiger partial charge in [0.1, 0.15) is 0 Å². The molecule has 28 heavy (non-hydrogen) atoms. The molecule has 3 rings (SSSR count). The Bertz CT molecular complexity index is 614. The third kappa shape index (κ3) is 6.59. The SMILES string of the molecule is O=C1CCN(Cc2ccncc2)CCCC(C(=O)N2CCCCCC2)CCN1. The van der Waals surface area contributed by atoms with E-state index in [0.717, 1.165) is 64.8 Å². The number of pyridine rings is 1. The summed E-state index contributed by atoms with van der Waals surface area (Å²) in [5.41, 5.74) is 1.21. The minimum absolute atomic E-state index is 0.0271. The topological polar surface area (TPSA) is 65.5 Å². The van der Waals surface area contributed by atoms with Crippen LogP contribution in [0, 0.1) is 5.92 Å². The number of likely N-dealkylation sites (tertiary alicyclic amines) is 1. The minimum Gasteiger partial charge on any atom is -0.356 e. The van der Waals surface area contributed by atoms with Crippen molar-refractivity contribution < 1.29 is 9.59 Å². The van der Waals surface area contributed by atoms with Crippen molar-refractivity contribution in [1.82, 2.24) is 20.1 Å². The summed E-state index contributed by atoms with van der Waals surface area (Å²) < 4.78 is 0. The Hall–Kier alpha value is -1.95. The molecule has 0 aliphatic carbocycles. The quantitative estimate of drug-likeness (QED) is 0.867. The van der Waals surface area contributed by atoms with E-state index in [-0.39, 0.29) is 11.8 Å². The van der Waals surface area contributed by atoms with E-state index in [2.05, 4.69) is 20.1 Å². The fraction of sp³-hybridized carbons (Fsp3) is 0.682. The smallest absolute Gasteiger partial charge is 0.225 e. The molecular formula is C22H34N4O2. The molecule has 3 heterocycles. The first-order valence-corrected chi connectivity index (χ1v) is 10.9. The van der Waals surface area contributed by atoms with E-state index in [1.165, 1.54) is 18.4 Å². The first kappa shape index (κ1) is 20.8. The second kappa shape index (κ2) is 11.1. The van der Waals surface area contributed by atoms with Crippen LogP contribution in [0.5, 0.6) is 0 Å². The van der Waals surface area contributed by atoms with Crippen molar-refractivity contribution in [2.45, 2.75) is 57.9 Å². The summed E-state index contributed by atoms with van der Waals surface area (Å²) in [6.45, 7) is 4.89. The van der Waals surface area contributed by atoms with Gasteiger partial charge in [-0.05, 0) is 56.3 Å². The monoisotopic (exact) mass is 386 g/mol. The van der Waals surface area contributed by atoms with Crippen LogP contribution in [-0.2, 0) is 16.1 Å². The summed E-state index contributed by atoms with van der Waals surface area (Å²) in [4.78, 5) is 33.8. The van der Waals surface area contributed by atoms with E-state index < -0.39 is 0 Å². The third-order valence-corrected chi connectivity index (χ3v) is 5.92. The average Bonchev–Trinajstić information content (AvgIpc) is 3.01. The number of nitrogens with zero attached hydrogens (tertiary/aromatic N) is 3. The van der Waals surface area contributed by atoms with Crippen LogP contribution in [0.15, 0.2) is 24.5 Å². The van der Waals surface area contributed by atoms with Gasteiger partial charge in [0.2, 0.25) is 11.8 Å². The lowest BCUT2D eigenvalue weighted by atomic mass is 9.97. The predicted molar refractivity (Wildman–Crippen MR) is 110 cm³/mol. The van der Waals surface area contributed by atoms with Crippen LogP contribution in [0.1, 0.15) is 56.9 Å². The molecule has 154 valence electrons. The van der Waals surface area contributed by atoms with Crippen LogP contribution in [0.3, 0.4) is 0 Å². The molecule has 1 unspecified atom stereocenters. The molecule has 0 aromatic carbocycles. The summed E-state index contributed by atoms with van der Waals surface area (Å²) in [7, 11) is 0. The maximum absolute atomic E-state index is 13.1. The molecule has 2 fully saturated rings. The van der Waals surface area contributed by atoms with Crippen molar-refractivity contribution in [1.29, 1.82) is 0 Å². The van der Waals surface area contributed by atoms with Gasteiger partial charge in [0.25, 0.3) is 0 Å². The summed E-state index contributed by atoms with van der Waals surface area (Å²) >= 11 is 0. The highest BCUT2D eigenvalue weighted by Gasteiger charge is 2.25. The molecule has 1 aromatic rings. The molecule has 0 radical (unpaired) electrons. The second-order valence-corrected chi connectivity index (χ2v) is 8.10. The largest absolute Gasteiger partial charge is 0.356 e. The number of carbonyl (C=O) groups is 2. The second-order valence-electron chi connectivity index (χ2n) is 8.10. The Labute approximate surface area is 168 Å². The number of nitrogens with one attached hydrogen (secondary N) is 1. The Morgan fingerprint density at radius 2 is 1.75 bits per heavy atom. The molecule has 6 heteroatoms. The van der Waals surface area contributed by atoms with Gasteiger partial charge in [-0.2, -0.15) is 0 Å². The lowest BCUT2D eigenvalue weighted by molar-refractivity contribution is -0.136. The zero-order valence-corrected chi connectivity index (χ0v) is 16.9. The van der Waals surface area contributed by atoms with Crippen LogP contribution in [0.25, 0.3) is 0 Å². The van der Waals surface area contributed by atoms with Crippen molar-refractivity contribution in [2.24, 2.45) is 5.92 Å². The zero-order valence-electron chi connectivity index (χ0n) is 16.9. The van der Waals surface area contributed by atoms with Gasteiger partial charge in [0.15, 0.2) is 0 Å². The molecule has 2 aliphatic heterocycles. The lowest BCUT2D eigenvalue weighted by Crippen LogP contribution is -2.38. The van der Waals surface area contributed by atoms with Crippen LogP contribution < -0.4 is 5.32 Å². The number of carbonyl (C=O) groups excluding carboxylic acids is 2. The van der Waals surface area contributed by atoms with Crippen molar-refractivity contribution >= 4 is 11.8 Å². The molecule has 6 nitrogen and oxygen atoms in total. The van der Waals surface area contributed by atoms with Crippen LogP contribution in [0.4, 0.5) is 0 Å². The van der Waals surface area contributed by atoms with E-state index in [1.807, 2.05) is 24.5 Å². The Morgan fingerprint density at radius 1 is 1.00 bits per heavy atom. The van der Waals surface area contributed by atoms with E-state index in [0.29, 0.717) is 18.9 Å². The number of hydrogen-bond acceptors (Lipinski definition) is 4. The standard InChI is InChI=1S/C22H34N4O2/c27-21-10-17-25(18-19-7-11-23-12-8-19)14-5-6-20(9-13-24-21)22(28)26-15-3-1-2-4-16-26/h7-8,11-12,20H,1-6,9-10,13-18H2,(H,24,27). The van der Waals surface area contributed by atoms with E-state index in [4.69, 9.17) is 0 Å². The molecule has 1 N–H and O–H groups in total. The maximum Gasteiger partial charge on any atom is 0.225 e. The number of hydrogen-bond donors (Lipinski definition) is 1. The molecule has 0 bridgehead atoms. The first-order chi connectivity index (χ1) is 13.7.